The molecule has 3 rings (SSSR count). The molecular weight excluding hydrogens is 228 g/mol. The van der Waals surface area contributed by atoms with Gasteiger partial charge in [0, 0.05) is 19.2 Å². The van der Waals surface area contributed by atoms with Gasteiger partial charge in [-0.3, -0.25) is 4.40 Å². The fraction of sp³-hybridized carbons (Fsp3) is 0.538. The van der Waals surface area contributed by atoms with E-state index < -0.39 is 0 Å². The number of fused-ring (bicyclic) bond motifs is 1. The highest BCUT2D eigenvalue weighted by atomic mass is 16.3. The summed E-state index contributed by atoms with van der Waals surface area (Å²) < 4.78 is 1.89. The summed E-state index contributed by atoms with van der Waals surface area (Å²) >= 11 is 0. The number of pyridine rings is 1. The van der Waals surface area contributed by atoms with Gasteiger partial charge in [0.2, 0.25) is 5.65 Å². The molecule has 0 radical (unpaired) electrons. The second kappa shape index (κ2) is 4.57. The molecule has 18 heavy (non-hydrogen) atoms. The topological polar surface area (TPSA) is 53.7 Å². The van der Waals surface area contributed by atoms with Gasteiger partial charge in [-0.05, 0) is 44.5 Å². The van der Waals surface area contributed by atoms with Crippen LogP contribution in [-0.4, -0.2) is 44.7 Å². The molecule has 0 spiro atoms. The quantitative estimate of drug-likeness (QED) is 0.868. The average molecular weight is 246 g/mol. The molecule has 1 atom stereocenters. The summed E-state index contributed by atoms with van der Waals surface area (Å²) in [5.41, 5.74) is 0.552. The second-order valence-electron chi connectivity index (χ2n) is 5.18. The molecule has 0 saturated carbocycles. The average Bonchev–Trinajstić information content (AvgIpc) is 2.74. The van der Waals surface area contributed by atoms with Gasteiger partial charge in [-0.2, -0.15) is 0 Å². The number of rotatable bonds is 2. The van der Waals surface area contributed by atoms with Crippen LogP contribution in [0.25, 0.3) is 5.65 Å². The van der Waals surface area contributed by atoms with Crippen molar-refractivity contribution in [2.45, 2.75) is 19.3 Å². The summed E-state index contributed by atoms with van der Waals surface area (Å²) in [4.78, 5) is 2.37. The molecule has 0 aromatic carbocycles. The third-order valence-electron chi connectivity index (χ3n) is 3.68. The predicted octanol–water partition coefficient (Wildman–Crippen LogP) is 1.32. The number of hydrogen-bond donors (Lipinski definition) is 1. The molecule has 1 saturated heterocycles. The summed E-state index contributed by atoms with van der Waals surface area (Å²) in [6.45, 7) is 2.31. The van der Waals surface area contributed by atoms with Gasteiger partial charge in [0.05, 0.1) is 0 Å². The molecule has 5 nitrogen and oxygen atoms in total. The number of aromatic hydroxyl groups is 1. The molecule has 1 aliphatic heterocycles. The van der Waals surface area contributed by atoms with Crippen molar-refractivity contribution in [2.75, 3.05) is 20.1 Å². The van der Waals surface area contributed by atoms with Gasteiger partial charge in [0.25, 0.3) is 0 Å². The van der Waals surface area contributed by atoms with Gasteiger partial charge in [-0.15, -0.1) is 10.2 Å². The minimum atomic E-state index is 0.192. The van der Waals surface area contributed by atoms with Crippen molar-refractivity contribution in [1.82, 2.24) is 19.5 Å². The standard InChI is InChI=1S/C13H18N4O/c1-16-6-2-4-10(9-16)8-12-14-15-13-11(18)5-3-7-17(12)13/h3,5,7,10,18H,2,4,6,8-9H2,1H3. The molecule has 2 aromatic rings. The highest BCUT2D eigenvalue weighted by molar-refractivity contribution is 5.51. The van der Waals surface area contributed by atoms with Gasteiger partial charge in [-0.1, -0.05) is 0 Å². The summed E-state index contributed by atoms with van der Waals surface area (Å²) in [7, 11) is 2.17. The van der Waals surface area contributed by atoms with E-state index >= 15 is 0 Å². The Morgan fingerprint density at radius 1 is 1.44 bits per heavy atom. The van der Waals surface area contributed by atoms with Crippen LogP contribution in [0.5, 0.6) is 5.75 Å². The molecule has 0 bridgehead atoms. The van der Waals surface area contributed by atoms with Crippen LogP contribution in [-0.2, 0) is 6.42 Å². The maximum absolute atomic E-state index is 9.70. The van der Waals surface area contributed by atoms with Crippen molar-refractivity contribution in [2.24, 2.45) is 5.92 Å². The predicted molar refractivity (Wildman–Crippen MR) is 68.6 cm³/mol. The Morgan fingerprint density at radius 2 is 2.33 bits per heavy atom. The second-order valence-corrected chi connectivity index (χ2v) is 5.18. The maximum Gasteiger partial charge on any atom is 0.203 e. The molecule has 96 valence electrons. The van der Waals surface area contributed by atoms with Crippen LogP contribution < -0.4 is 0 Å². The zero-order chi connectivity index (χ0) is 12.5. The molecule has 1 N–H and O–H groups in total. The zero-order valence-corrected chi connectivity index (χ0v) is 10.6. The van der Waals surface area contributed by atoms with Crippen LogP contribution >= 0.6 is 0 Å². The smallest absolute Gasteiger partial charge is 0.203 e. The molecule has 0 amide bonds. The largest absolute Gasteiger partial charge is 0.504 e. The van der Waals surface area contributed by atoms with Crippen LogP contribution in [0.15, 0.2) is 18.3 Å². The number of nitrogens with zero attached hydrogens (tertiary/aromatic N) is 4. The summed E-state index contributed by atoms with van der Waals surface area (Å²) in [6, 6.07) is 3.46. The van der Waals surface area contributed by atoms with E-state index in [9.17, 15) is 5.11 Å². The highest BCUT2D eigenvalue weighted by Gasteiger charge is 2.20. The Balaban J connectivity index is 1.84. The monoisotopic (exact) mass is 246 g/mol. The molecular formula is C13H18N4O. The molecule has 5 heteroatoms. The Hall–Kier alpha value is -1.62. The van der Waals surface area contributed by atoms with E-state index in [1.54, 1.807) is 6.07 Å². The summed E-state index contributed by atoms with van der Waals surface area (Å²) in [5.74, 6) is 1.77. The van der Waals surface area contributed by atoms with Gasteiger partial charge >= 0.3 is 0 Å². The van der Waals surface area contributed by atoms with Crippen LogP contribution in [0.1, 0.15) is 18.7 Å². The molecule has 1 fully saturated rings. The van der Waals surface area contributed by atoms with Crippen molar-refractivity contribution in [3.8, 4) is 5.75 Å². The summed E-state index contributed by atoms with van der Waals surface area (Å²) in [6.07, 6.45) is 5.34. The van der Waals surface area contributed by atoms with Gasteiger partial charge in [-0.25, -0.2) is 0 Å². The van der Waals surface area contributed by atoms with Crippen LogP contribution in [0, 0.1) is 5.92 Å². The van der Waals surface area contributed by atoms with E-state index in [0.29, 0.717) is 11.6 Å². The van der Waals surface area contributed by atoms with Crippen molar-refractivity contribution in [3.63, 3.8) is 0 Å². The molecule has 1 aliphatic rings. The van der Waals surface area contributed by atoms with E-state index in [0.717, 1.165) is 18.8 Å². The number of likely N-dealkylation sites (tertiary alicyclic amines) is 1. The Kier molecular flexibility index (Phi) is 2.91. The van der Waals surface area contributed by atoms with Crippen LogP contribution in [0.4, 0.5) is 0 Å². The minimum absolute atomic E-state index is 0.192. The lowest BCUT2D eigenvalue weighted by Crippen LogP contribution is -2.33. The SMILES string of the molecule is CN1CCCC(Cc2nnc3c(O)cccn23)C1. The van der Waals surface area contributed by atoms with Crippen molar-refractivity contribution in [3.05, 3.63) is 24.2 Å². The van der Waals surface area contributed by atoms with Gasteiger partial charge in [0.1, 0.15) is 5.82 Å². The number of piperidine rings is 1. The first kappa shape index (κ1) is 11.5. The first-order chi connectivity index (χ1) is 8.74. The Morgan fingerprint density at radius 3 is 3.17 bits per heavy atom. The Labute approximate surface area is 106 Å². The maximum atomic E-state index is 9.70. The normalized spacial score (nSPS) is 21.5. The van der Waals surface area contributed by atoms with E-state index in [-0.39, 0.29) is 5.75 Å². The fourth-order valence-corrected chi connectivity index (χ4v) is 2.79. The van der Waals surface area contributed by atoms with Gasteiger partial charge < -0.3 is 10.0 Å². The lowest BCUT2D eigenvalue weighted by Gasteiger charge is -2.29. The molecule has 0 aliphatic carbocycles. The Bertz CT molecular complexity index is 551. The van der Waals surface area contributed by atoms with E-state index in [4.69, 9.17) is 0 Å². The number of hydrogen-bond acceptors (Lipinski definition) is 4. The first-order valence-electron chi connectivity index (χ1n) is 6.44. The molecule has 2 aromatic heterocycles. The third-order valence-corrected chi connectivity index (χ3v) is 3.68. The lowest BCUT2D eigenvalue weighted by atomic mass is 9.95. The minimum Gasteiger partial charge on any atom is -0.504 e. The number of aromatic nitrogens is 3. The lowest BCUT2D eigenvalue weighted by molar-refractivity contribution is 0.207. The van der Waals surface area contributed by atoms with E-state index in [2.05, 4.69) is 22.1 Å². The fourth-order valence-electron chi connectivity index (χ4n) is 2.79. The van der Waals surface area contributed by atoms with Crippen molar-refractivity contribution < 1.29 is 5.11 Å². The third kappa shape index (κ3) is 2.06. The van der Waals surface area contributed by atoms with E-state index in [1.165, 1.54) is 19.4 Å². The molecule has 1 unspecified atom stereocenters. The van der Waals surface area contributed by atoms with E-state index in [1.807, 2.05) is 16.7 Å². The van der Waals surface area contributed by atoms with Crippen molar-refractivity contribution in [1.29, 1.82) is 0 Å². The van der Waals surface area contributed by atoms with Crippen molar-refractivity contribution >= 4 is 5.65 Å². The first-order valence-corrected chi connectivity index (χ1v) is 6.44. The van der Waals surface area contributed by atoms with Crippen LogP contribution in [0.3, 0.4) is 0 Å². The van der Waals surface area contributed by atoms with Gasteiger partial charge in [0.15, 0.2) is 5.75 Å². The zero-order valence-electron chi connectivity index (χ0n) is 10.6. The van der Waals surface area contributed by atoms with Crippen LogP contribution in [0.2, 0.25) is 0 Å². The summed E-state index contributed by atoms with van der Waals surface area (Å²) in [5, 5.41) is 18.0. The molecule has 3 heterocycles. The highest BCUT2D eigenvalue weighted by Crippen LogP contribution is 2.21.